The van der Waals surface area contributed by atoms with E-state index in [9.17, 15) is 5.11 Å². The van der Waals surface area contributed by atoms with Crippen molar-refractivity contribution in [3.8, 4) is 11.5 Å². The lowest BCUT2D eigenvalue weighted by atomic mass is 9.89. The molecule has 3 aromatic rings. The zero-order valence-corrected chi connectivity index (χ0v) is 14.0. The molecule has 6 heteroatoms. The van der Waals surface area contributed by atoms with Crippen LogP contribution in [0.15, 0.2) is 22.8 Å². The molecule has 0 saturated heterocycles. The van der Waals surface area contributed by atoms with Crippen LogP contribution in [0.2, 0.25) is 0 Å². The third-order valence-electron chi connectivity index (χ3n) is 4.48. The van der Waals surface area contributed by atoms with Crippen LogP contribution in [-0.4, -0.2) is 29.9 Å². The lowest BCUT2D eigenvalue weighted by Gasteiger charge is -2.26. The average molecular weight is 329 g/mol. The molecule has 0 amide bonds. The summed E-state index contributed by atoms with van der Waals surface area (Å²) in [5.74, 6) is 1.35. The van der Waals surface area contributed by atoms with Crippen LogP contribution in [0.5, 0.6) is 11.5 Å². The van der Waals surface area contributed by atoms with E-state index < -0.39 is 11.7 Å². The molecule has 0 unspecified atom stereocenters. The van der Waals surface area contributed by atoms with Crippen molar-refractivity contribution in [2.24, 2.45) is 0 Å². The number of ether oxygens (including phenoxy) is 3. The van der Waals surface area contributed by atoms with Gasteiger partial charge in [-0.1, -0.05) is 0 Å². The van der Waals surface area contributed by atoms with Gasteiger partial charge in [0.15, 0.2) is 0 Å². The van der Waals surface area contributed by atoms with E-state index in [2.05, 4.69) is 4.98 Å². The van der Waals surface area contributed by atoms with Gasteiger partial charge in [0.1, 0.15) is 17.6 Å². The third-order valence-corrected chi connectivity index (χ3v) is 4.48. The van der Waals surface area contributed by atoms with Crippen molar-refractivity contribution in [1.82, 2.24) is 4.98 Å². The summed E-state index contributed by atoms with van der Waals surface area (Å²) in [6, 6.07) is 3.68. The van der Waals surface area contributed by atoms with Crippen LogP contribution >= 0.6 is 0 Å². The molecule has 0 fully saturated rings. The predicted molar refractivity (Wildman–Crippen MR) is 88.4 cm³/mol. The van der Waals surface area contributed by atoms with Crippen LogP contribution in [0.25, 0.3) is 22.0 Å². The van der Waals surface area contributed by atoms with Crippen molar-refractivity contribution in [3.05, 3.63) is 29.5 Å². The number of aliphatic hydroxyl groups is 1. The fourth-order valence-electron chi connectivity index (χ4n) is 3.48. The highest BCUT2D eigenvalue weighted by molar-refractivity contribution is 6.02. The number of nitrogens with zero attached hydrogens (tertiary/aromatic N) is 1. The van der Waals surface area contributed by atoms with Crippen molar-refractivity contribution in [2.75, 3.05) is 14.2 Å². The first-order chi connectivity index (χ1) is 11.5. The molecule has 1 atom stereocenters. The monoisotopic (exact) mass is 329 g/mol. The Kier molecular flexibility index (Phi) is 3.23. The Balaban J connectivity index is 2.18. The van der Waals surface area contributed by atoms with Gasteiger partial charge in [0.05, 0.1) is 43.6 Å². The summed E-state index contributed by atoms with van der Waals surface area (Å²) in [5.41, 5.74) is 1.91. The highest BCUT2D eigenvalue weighted by atomic mass is 16.5. The fraction of sp³-hybridized carbons (Fsp3) is 0.389. The fourth-order valence-corrected chi connectivity index (χ4v) is 3.48. The Morgan fingerprint density at radius 2 is 2.08 bits per heavy atom. The summed E-state index contributed by atoms with van der Waals surface area (Å²) >= 11 is 0. The van der Waals surface area contributed by atoms with E-state index in [1.54, 1.807) is 34.3 Å². The number of aromatic nitrogens is 1. The van der Waals surface area contributed by atoms with Crippen molar-refractivity contribution in [1.29, 1.82) is 0 Å². The first-order valence-electron chi connectivity index (χ1n) is 7.74. The van der Waals surface area contributed by atoms with E-state index in [4.69, 9.17) is 18.6 Å². The van der Waals surface area contributed by atoms with Crippen molar-refractivity contribution >= 4 is 22.0 Å². The van der Waals surface area contributed by atoms with Crippen LogP contribution in [0.1, 0.15) is 31.1 Å². The smallest absolute Gasteiger partial charge is 0.230 e. The molecule has 6 nitrogen and oxygen atoms in total. The topological polar surface area (TPSA) is 74.0 Å². The number of methoxy groups -OCH3 is 2. The Morgan fingerprint density at radius 3 is 2.75 bits per heavy atom. The van der Waals surface area contributed by atoms with Crippen LogP contribution < -0.4 is 9.47 Å². The number of rotatable bonds is 3. The Labute approximate surface area is 138 Å². The number of benzene rings is 1. The van der Waals surface area contributed by atoms with E-state index in [0.717, 1.165) is 21.9 Å². The molecular weight excluding hydrogens is 310 g/mol. The number of hydrogen-bond acceptors (Lipinski definition) is 6. The van der Waals surface area contributed by atoms with Gasteiger partial charge in [-0.2, -0.15) is 0 Å². The largest absolute Gasteiger partial charge is 0.496 e. The summed E-state index contributed by atoms with van der Waals surface area (Å²) in [6.45, 7) is 3.83. The standard InChI is InChI=1S/C18H19NO5/c1-18(2,20)16-13-10(8-24-16)12(21-3)7-11-14(13)15(22-4)9-5-6-23-17(9)19-11/h5-7,16,20H,8H2,1-4H3/t16-/m0/s1. The molecule has 24 heavy (non-hydrogen) atoms. The molecule has 0 spiro atoms. The van der Waals surface area contributed by atoms with Crippen molar-refractivity contribution < 1.29 is 23.7 Å². The third kappa shape index (κ3) is 2.00. The summed E-state index contributed by atoms with van der Waals surface area (Å²) < 4.78 is 22.5. The molecule has 0 radical (unpaired) electrons. The molecule has 1 aliphatic heterocycles. The molecule has 1 N–H and O–H groups in total. The van der Waals surface area contributed by atoms with Gasteiger partial charge in [-0.15, -0.1) is 0 Å². The van der Waals surface area contributed by atoms with Crippen molar-refractivity contribution in [2.45, 2.75) is 32.2 Å². The van der Waals surface area contributed by atoms with Crippen LogP contribution in [0.3, 0.4) is 0 Å². The summed E-state index contributed by atoms with van der Waals surface area (Å²) in [5, 5.41) is 12.2. The minimum Gasteiger partial charge on any atom is -0.496 e. The second kappa shape index (κ2) is 5.09. The summed E-state index contributed by atoms with van der Waals surface area (Å²) in [7, 11) is 3.23. The molecule has 1 aromatic carbocycles. The van der Waals surface area contributed by atoms with Crippen molar-refractivity contribution in [3.63, 3.8) is 0 Å². The number of hydrogen-bond donors (Lipinski definition) is 1. The van der Waals surface area contributed by atoms with Crippen LogP contribution in [-0.2, 0) is 11.3 Å². The van der Waals surface area contributed by atoms with Crippen LogP contribution in [0.4, 0.5) is 0 Å². The molecular formula is C18H19NO5. The average Bonchev–Trinajstić information content (AvgIpc) is 3.17. The molecule has 0 saturated carbocycles. The number of furan rings is 1. The zero-order chi connectivity index (χ0) is 17.1. The zero-order valence-electron chi connectivity index (χ0n) is 14.0. The number of pyridine rings is 1. The molecule has 0 aliphatic carbocycles. The van der Waals surface area contributed by atoms with E-state index in [1.807, 2.05) is 12.1 Å². The predicted octanol–water partition coefficient (Wildman–Crippen LogP) is 3.34. The first kappa shape index (κ1) is 15.2. The lowest BCUT2D eigenvalue weighted by molar-refractivity contribution is -0.0826. The normalized spacial score (nSPS) is 17.5. The maximum absolute atomic E-state index is 10.6. The van der Waals surface area contributed by atoms with Crippen LogP contribution in [0, 0.1) is 0 Å². The summed E-state index contributed by atoms with van der Waals surface area (Å²) in [4.78, 5) is 4.59. The van der Waals surface area contributed by atoms with E-state index in [0.29, 0.717) is 29.3 Å². The highest BCUT2D eigenvalue weighted by Gasteiger charge is 2.39. The van der Waals surface area contributed by atoms with E-state index >= 15 is 0 Å². The molecule has 3 heterocycles. The molecule has 2 aromatic heterocycles. The van der Waals surface area contributed by atoms with Gasteiger partial charge in [-0.05, 0) is 19.9 Å². The van der Waals surface area contributed by atoms with Gasteiger partial charge < -0.3 is 23.7 Å². The van der Waals surface area contributed by atoms with Gasteiger partial charge in [0.25, 0.3) is 0 Å². The maximum Gasteiger partial charge on any atom is 0.230 e. The number of fused-ring (bicyclic) bond motifs is 4. The SMILES string of the molecule is COc1cc2nc3occc3c(OC)c2c2c1CO[C@@H]2C(C)(C)O. The molecule has 0 bridgehead atoms. The van der Waals surface area contributed by atoms with Gasteiger partial charge in [0, 0.05) is 22.6 Å². The van der Waals surface area contributed by atoms with Gasteiger partial charge in [-0.3, -0.25) is 0 Å². The second-order valence-corrected chi connectivity index (χ2v) is 6.49. The minimum absolute atomic E-state index is 0.371. The highest BCUT2D eigenvalue weighted by Crippen LogP contribution is 2.49. The van der Waals surface area contributed by atoms with E-state index in [-0.39, 0.29) is 0 Å². The Morgan fingerprint density at radius 1 is 1.29 bits per heavy atom. The molecule has 1 aliphatic rings. The Hall–Kier alpha value is -2.31. The Bertz CT molecular complexity index is 938. The summed E-state index contributed by atoms with van der Waals surface area (Å²) in [6.07, 6.45) is 1.09. The lowest BCUT2D eigenvalue weighted by Crippen LogP contribution is -2.28. The van der Waals surface area contributed by atoms with E-state index in [1.165, 1.54) is 0 Å². The van der Waals surface area contributed by atoms with Gasteiger partial charge in [-0.25, -0.2) is 4.98 Å². The molecule has 126 valence electrons. The van der Waals surface area contributed by atoms with Gasteiger partial charge >= 0.3 is 0 Å². The quantitative estimate of drug-likeness (QED) is 0.794. The maximum atomic E-state index is 10.6. The second-order valence-electron chi connectivity index (χ2n) is 6.49. The minimum atomic E-state index is -1.05. The first-order valence-corrected chi connectivity index (χ1v) is 7.74. The molecule has 4 rings (SSSR count). The van der Waals surface area contributed by atoms with Gasteiger partial charge in [0.2, 0.25) is 5.71 Å².